The molecule has 0 aromatic heterocycles. The van der Waals surface area contributed by atoms with E-state index >= 15 is 0 Å². The zero-order valence-corrected chi connectivity index (χ0v) is 33.3. The van der Waals surface area contributed by atoms with Crippen LogP contribution in [0, 0.1) is 0 Å². The molecule has 0 spiro atoms. The lowest BCUT2D eigenvalue weighted by Gasteiger charge is -2.25. The number of phenolic OH excluding ortho intramolecular Hbond substituents is 1. The Balaban J connectivity index is 1.14. The predicted octanol–water partition coefficient (Wildman–Crippen LogP) is 15.1. The minimum Gasteiger partial charge on any atom is -0.507 e. The molecular formula is C56H52O. The molecule has 0 heterocycles. The van der Waals surface area contributed by atoms with E-state index in [0.717, 1.165) is 48.8 Å². The summed E-state index contributed by atoms with van der Waals surface area (Å²) in [6.07, 6.45) is 14.0. The molecule has 0 aliphatic heterocycles. The van der Waals surface area contributed by atoms with Crippen molar-refractivity contribution < 1.29 is 5.11 Å². The fraction of sp³-hybridized carbons (Fsp3) is 0.250. The maximum atomic E-state index is 13.0. The second kappa shape index (κ2) is 15.4. The van der Waals surface area contributed by atoms with E-state index in [4.69, 9.17) is 0 Å². The Labute approximate surface area is 339 Å². The zero-order valence-electron chi connectivity index (χ0n) is 33.3. The van der Waals surface area contributed by atoms with Gasteiger partial charge in [0.15, 0.2) is 0 Å². The number of rotatable bonds is 13. The standard InChI is InChI=1S/C56H52O/c1-2-3-4-5-6-7-8-9-25-49(48-30-17-28-46-42-23-14-11-20-38(42)33-52(46)48)54-35-40(44-26-16-27-45-41-22-13-10-19-37(41)32-51(44)45)36-55(56(54)57)50-31-18-29-47-43-24-15-12-21-39(43)34-53(47)50/h10-24,26-31,35-36,49,57H,2-9,25,32-34H2,1H3. The summed E-state index contributed by atoms with van der Waals surface area (Å²) in [6.45, 7) is 2.29. The van der Waals surface area contributed by atoms with Gasteiger partial charge < -0.3 is 5.11 Å². The lowest BCUT2D eigenvalue weighted by Crippen LogP contribution is -2.07. The second-order valence-electron chi connectivity index (χ2n) is 16.8. The van der Waals surface area contributed by atoms with Crippen LogP contribution >= 0.6 is 0 Å². The van der Waals surface area contributed by atoms with Crippen molar-refractivity contribution >= 4 is 0 Å². The normalized spacial score (nSPS) is 13.4. The van der Waals surface area contributed by atoms with Gasteiger partial charge in [0.2, 0.25) is 0 Å². The molecule has 7 aromatic rings. The van der Waals surface area contributed by atoms with Crippen LogP contribution in [-0.2, 0) is 19.3 Å². The number of phenols is 1. The Morgan fingerprint density at radius 1 is 0.404 bits per heavy atom. The van der Waals surface area contributed by atoms with Crippen LogP contribution in [0.2, 0.25) is 0 Å². The van der Waals surface area contributed by atoms with E-state index in [2.05, 4.69) is 146 Å². The quantitative estimate of drug-likeness (QED) is 0.117. The summed E-state index contributed by atoms with van der Waals surface area (Å²) in [5.41, 5.74) is 23.3. The first-order valence-electron chi connectivity index (χ1n) is 21.7. The van der Waals surface area contributed by atoms with Crippen molar-refractivity contribution in [1.29, 1.82) is 0 Å². The molecule has 3 aliphatic rings. The monoisotopic (exact) mass is 740 g/mol. The zero-order chi connectivity index (χ0) is 38.3. The van der Waals surface area contributed by atoms with E-state index in [0.29, 0.717) is 5.75 Å². The smallest absolute Gasteiger partial charge is 0.127 e. The second-order valence-corrected chi connectivity index (χ2v) is 16.8. The van der Waals surface area contributed by atoms with Gasteiger partial charge >= 0.3 is 0 Å². The molecule has 1 heteroatoms. The fourth-order valence-corrected chi connectivity index (χ4v) is 10.6. The van der Waals surface area contributed by atoms with E-state index in [9.17, 15) is 5.11 Å². The SMILES string of the molecule is CCCCCCCCCCC(c1cc(-c2cccc3c2Cc2ccccc2-3)cc(-c2cccc3c2Cc2ccccc2-3)c1O)c1cccc2c1Cc1ccccc1-2. The van der Waals surface area contributed by atoms with Crippen LogP contribution < -0.4 is 0 Å². The highest BCUT2D eigenvalue weighted by atomic mass is 16.3. The molecule has 57 heavy (non-hydrogen) atoms. The van der Waals surface area contributed by atoms with Crippen LogP contribution in [-0.4, -0.2) is 5.11 Å². The Kier molecular flexibility index (Phi) is 9.63. The number of fused-ring (bicyclic) bond motifs is 9. The first kappa shape index (κ1) is 35.7. The molecule has 0 saturated heterocycles. The Bertz CT molecular complexity index is 2620. The summed E-state index contributed by atoms with van der Waals surface area (Å²) < 4.78 is 0. The summed E-state index contributed by atoms with van der Waals surface area (Å²) in [5.74, 6) is 0.507. The number of hydrogen-bond donors (Lipinski definition) is 1. The first-order chi connectivity index (χ1) is 28.2. The average molecular weight is 741 g/mol. The van der Waals surface area contributed by atoms with Crippen molar-refractivity contribution in [1.82, 2.24) is 0 Å². The number of hydrogen-bond acceptors (Lipinski definition) is 1. The molecule has 0 bridgehead atoms. The molecule has 1 unspecified atom stereocenters. The van der Waals surface area contributed by atoms with Crippen LogP contribution in [0.3, 0.4) is 0 Å². The van der Waals surface area contributed by atoms with Crippen LogP contribution in [0.15, 0.2) is 140 Å². The highest BCUT2D eigenvalue weighted by Gasteiger charge is 2.31. The molecule has 0 amide bonds. The van der Waals surface area contributed by atoms with Gasteiger partial charge in [-0.2, -0.15) is 0 Å². The summed E-state index contributed by atoms with van der Waals surface area (Å²) >= 11 is 0. The summed E-state index contributed by atoms with van der Waals surface area (Å²) in [6, 6.07) is 51.9. The van der Waals surface area contributed by atoms with E-state index in [1.165, 1.54) is 128 Å². The topological polar surface area (TPSA) is 20.2 Å². The molecule has 3 aliphatic carbocycles. The molecule has 7 aromatic carbocycles. The molecule has 1 atom stereocenters. The van der Waals surface area contributed by atoms with Crippen LogP contribution in [0.25, 0.3) is 55.6 Å². The predicted molar refractivity (Wildman–Crippen MR) is 239 cm³/mol. The maximum absolute atomic E-state index is 13.0. The molecule has 1 nitrogen and oxygen atoms in total. The van der Waals surface area contributed by atoms with Gasteiger partial charge in [-0.15, -0.1) is 0 Å². The van der Waals surface area contributed by atoms with Gasteiger partial charge in [0.1, 0.15) is 5.75 Å². The van der Waals surface area contributed by atoms with E-state index < -0.39 is 0 Å². The molecule has 282 valence electrons. The minimum atomic E-state index is 0.0657. The van der Waals surface area contributed by atoms with Crippen molar-refractivity contribution in [3.05, 3.63) is 184 Å². The molecule has 0 fully saturated rings. The largest absolute Gasteiger partial charge is 0.507 e. The van der Waals surface area contributed by atoms with Crippen molar-refractivity contribution in [3.8, 4) is 61.4 Å². The van der Waals surface area contributed by atoms with E-state index in [1.54, 1.807) is 0 Å². The van der Waals surface area contributed by atoms with Gasteiger partial charge in [-0.1, -0.05) is 186 Å². The van der Waals surface area contributed by atoms with Crippen LogP contribution in [0.1, 0.15) is 115 Å². The highest BCUT2D eigenvalue weighted by Crippen LogP contribution is 2.51. The van der Waals surface area contributed by atoms with Crippen LogP contribution in [0.4, 0.5) is 0 Å². The summed E-state index contributed by atoms with van der Waals surface area (Å²) in [4.78, 5) is 0. The number of aromatic hydroxyl groups is 1. The molecule has 0 saturated carbocycles. The Hall–Kier alpha value is -5.66. The third-order valence-electron chi connectivity index (χ3n) is 13.4. The van der Waals surface area contributed by atoms with Gasteiger partial charge in [0, 0.05) is 17.0 Å². The van der Waals surface area contributed by atoms with E-state index in [-0.39, 0.29) is 5.92 Å². The lowest BCUT2D eigenvalue weighted by atomic mass is 9.79. The number of unbranched alkanes of at least 4 members (excludes halogenated alkanes) is 7. The molecule has 0 radical (unpaired) electrons. The average Bonchev–Trinajstić information content (AvgIpc) is 3.95. The summed E-state index contributed by atoms with van der Waals surface area (Å²) in [5, 5.41) is 13.0. The van der Waals surface area contributed by atoms with Gasteiger partial charge in [0.25, 0.3) is 0 Å². The van der Waals surface area contributed by atoms with Crippen molar-refractivity contribution in [2.24, 2.45) is 0 Å². The summed E-state index contributed by atoms with van der Waals surface area (Å²) in [7, 11) is 0. The van der Waals surface area contributed by atoms with Crippen LogP contribution in [0.5, 0.6) is 5.75 Å². The van der Waals surface area contributed by atoms with Gasteiger partial charge in [0.05, 0.1) is 0 Å². The highest BCUT2D eigenvalue weighted by molar-refractivity contribution is 5.91. The Morgan fingerprint density at radius 3 is 1.44 bits per heavy atom. The lowest BCUT2D eigenvalue weighted by molar-refractivity contribution is 0.462. The minimum absolute atomic E-state index is 0.0657. The Morgan fingerprint density at radius 2 is 0.842 bits per heavy atom. The van der Waals surface area contributed by atoms with Gasteiger partial charge in [-0.25, -0.2) is 0 Å². The number of benzene rings is 7. The van der Waals surface area contributed by atoms with Crippen molar-refractivity contribution in [3.63, 3.8) is 0 Å². The maximum Gasteiger partial charge on any atom is 0.127 e. The molecule has 1 N–H and O–H groups in total. The third-order valence-corrected chi connectivity index (χ3v) is 13.4. The van der Waals surface area contributed by atoms with E-state index in [1.807, 2.05) is 0 Å². The molecular weight excluding hydrogens is 689 g/mol. The van der Waals surface area contributed by atoms with Crippen molar-refractivity contribution in [2.45, 2.75) is 89.9 Å². The fourth-order valence-electron chi connectivity index (χ4n) is 10.6. The van der Waals surface area contributed by atoms with Crippen molar-refractivity contribution in [2.75, 3.05) is 0 Å². The third kappa shape index (κ3) is 6.42. The van der Waals surface area contributed by atoms with Gasteiger partial charge in [-0.05, 0) is 127 Å². The first-order valence-corrected chi connectivity index (χ1v) is 21.7. The molecule has 10 rings (SSSR count). The van der Waals surface area contributed by atoms with Gasteiger partial charge in [-0.3, -0.25) is 0 Å².